The van der Waals surface area contributed by atoms with Crippen LogP contribution in [0, 0.1) is 0 Å². The third-order valence-electron chi connectivity index (χ3n) is 0.546. The molecular weight excluding hydrogens is 226 g/mol. The SMILES string of the molecule is CCC(=O)OC(C)=O.[Co].[Co]. The number of carbonyl (C=O) groups is 2. The molecule has 5 heteroatoms. The predicted molar refractivity (Wildman–Crippen MR) is 27.1 cm³/mol. The zero-order chi connectivity index (χ0) is 6.57. The molecule has 0 saturated carbocycles. The summed E-state index contributed by atoms with van der Waals surface area (Å²) >= 11 is 0. The zero-order valence-electron chi connectivity index (χ0n) is 5.60. The standard InChI is InChI=1S/C5H8O3.2Co/c1-3-5(7)8-4(2)6;;/h3H2,1-2H3;;. The number of hydrogen-bond acceptors (Lipinski definition) is 3. The van der Waals surface area contributed by atoms with Gasteiger partial charge in [0, 0.05) is 46.9 Å². The van der Waals surface area contributed by atoms with E-state index in [0.29, 0.717) is 0 Å². The number of esters is 2. The summed E-state index contributed by atoms with van der Waals surface area (Å²) in [4.78, 5) is 20.1. The molecule has 0 fully saturated rings. The van der Waals surface area contributed by atoms with Gasteiger partial charge in [0.1, 0.15) is 0 Å². The van der Waals surface area contributed by atoms with Crippen LogP contribution < -0.4 is 0 Å². The van der Waals surface area contributed by atoms with Gasteiger partial charge in [-0.05, 0) is 0 Å². The molecule has 0 N–H and O–H groups in total. The van der Waals surface area contributed by atoms with E-state index in [1.807, 2.05) is 0 Å². The molecule has 0 bridgehead atoms. The van der Waals surface area contributed by atoms with E-state index in [4.69, 9.17) is 0 Å². The quantitative estimate of drug-likeness (QED) is 0.489. The van der Waals surface area contributed by atoms with Crippen molar-refractivity contribution in [3.05, 3.63) is 0 Å². The molecule has 0 aliphatic heterocycles. The molecule has 10 heavy (non-hydrogen) atoms. The van der Waals surface area contributed by atoms with E-state index in [1.165, 1.54) is 6.92 Å². The summed E-state index contributed by atoms with van der Waals surface area (Å²) in [7, 11) is 0. The van der Waals surface area contributed by atoms with Crippen molar-refractivity contribution >= 4 is 11.9 Å². The molecule has 0 aromatic heterocycles. The Morgan fingerprint density at radius 1 is 1.30 bits per heavy atom. The van der Waals surface area contributed by atoms with Crippen LogP contribution in [-0.4, -0.2) is 11.9 Å². The summed E-state index contributed by atoms with van der Waals surface area (Å²) in [6.45, 7) is 2.83. The van der Waals surface area contributed by atoms with Crippen LogP contribution in [0.25, 0.3) is 0 Å². The maximum absolute atomic E-state index is 10.2. The predicted octanol–water partition coefficient (Wildman–Crippen LogP) is 0.481. The van der Waals surface area contributed by atoms with Crippen LogP contribution >= 0.6 is 0 Å². The van der Waals surface area contributed by atoms with Gasteiger partial charge >= 0.3 is 11.9 Å². The first-order valence-electron chi connectivity index (χ1n) is 2.38. The van der Waals surface area contributed by atoms with Crippen LogP contribution in [0.2, 0.25) is 0 Å². The Balaban J connectivity index is -0.000000245. The van der Waals surface area contributed by atoms with E-state index >= 15 is 0 Å². The van der Waals surface area contributed by atoms with Gasteiger partial charge in [-0.25, -0.2) is 0 Å². The summed E-state index contributed by atoms with van der Waals surface area (Å²) < 4.78 is 4.12. The monoisotopic (exact) mass is 234 g/mol. The molecule has 0 aromatic rings. The van der Waals surface area contributed by atoms with Gasteiger partial charge < -0.3 is 4.74 Å². The Morgan fingerprint density at radius 2 is 1.70 bits per heavy atom. The molecule has 0 amide bonds. The number of ether oxygens (including phenoxy) is 1. The van der Waals surface area contributed by atoms with Gasteiger partial charge in [0.25, 0.3) is 0 Å². The molecule has 0 heterocycles. The van der Waals surface area contributed by atoms with Gasteiger partial charge in [0.15, 0.2) is 0 Å². The summed E-state index contributed by atoms with van der Waals surface area (Å²) in [5, 5.41) is 0. The Hall–Kier alpha value is 0.153. The summed E-state index contributed by atoms with van der Waals surface area (Å²) in [6.07, 6.45) is 0.250. The van der Waals surface area contributed by atoms with E-state index in [0.717, 1.165) is 0 Å². The Bertz CT molecular complexity index is 113. The number of hydrogen-bond donors (Lipinski definition) is 0. The van der Waals surface area contributed by atoms with Crippen LogP contribution in [0.1, 0.15) is 20.3 Å². The van der Waals surface area contributed by atoms with E-state index in [-0.39, 0.29) is 40.0 Å². The van der Waals surface area contributed by atoms with E-state index in [9.17, 15) is 9.59 Å². The van der Waals surface area contributed by atoms with Gasteiger partial charge in [-0.1, -0.05) is 6.92 Å². The van der Waals surface area contributed by atoms with E-state index in [2.05, 4.69) is 4.74 Å². The molecule has 0 aliphatic carbocycles. The van der Waals surface area contributed by atoms with Crippen LogP contribution in [0.3, 0.4) is 0 Å². The van der Waals surface area contributed by atoms with Crippen molar-refractivity contribution in [2.45, 2.75) is 20.3 Å². The van der Waals surface area contributed by atoms with E-state index < -0.39 is 11.9 Å². The summed E-state index contributed by atoms with van der Waals surface area (Å²) in [5.74, 6) is -1.02. The van der Waals surface area contributed by atoms with Crippen molar-refractivity contribution in [3.63, 3.8) is 0 Å². The van der Waals surface area contributed by atoms with Gasteiger partial charge in [0.2, 0.25) is 0 Å². The second-order valence-electron chi connectivity index (χ2n) is 1.32. The molecule has 3 nitrogen and oxygen atoms in total. The zero-order valence-corrected chi connectivity index (χ0v) is 7.68. The largest absolute Gasteiger partial charge is 0.393 e. The van der Waals surface area contributed by atoms with Crippen molar-refractivity contribution < 1.29 is 47.9 Å². The maximum Gasteiger partial charge on any atom is 0.313 e. The van der Waals surface area contributed by atoms with Crippen molar-refractivity contribution in [1.82, 2.24) is 0 Å². The topological polar surface area (TPSA) is 43.4 Å². The fraction of sp³-hybridized carbons (Fsp3) is 0.600. The normalized spacial score (nSPS) is 6.60. The van der Waals surface area contributed by atoms with Crippen molar-refractivity contribution in [2.24, 2.45) is 0 Å². The first-order valence-corrected chi connectivity index (χ1v) is 2.38. The van der Waals surface area contributed by atoms with Crippen molar-refractivity contribution in [2.75, 3.05) is 0 Å². The Morgan fingerprint density at radius 3 is 1.80 bits per heavy atom. The average molecular weight is 234 g/mol. The van der Waals surface area contributed by atoms with Crippen LogP contribution in [0.4, 0.5) is 0 Å². The van der Waals surface area contributed by atoms with Gasteiger partial charge in [-0.15, -0.1) is 0 Å². The molecule has 0 spiro atoms. The molecule has 0 atom stereocenters. The maximum atomic E-state index is 10.2. The fourth-order valence-corrected chi connectivity index (χ4v) is 0.232. The molecule has 0 saturated heterocycles. The molecule has 0 unspecified atom stereocenters. The molecular formula is C5H8Co2O3. The second kappa shape index (κ2) is 9.15. The van der Waals surface area contributed by atoms with Crippen molar-refractivity contribution in [3.8, 4) is 0 Å². The third kappa shape index (κ3) is 11.0. The number of carbonyl (C=O) groups excluding carboxylic acids is 2. The Labute approximate surface area is 80.3 Å². The molecule has 2 radical (unpaired) electrons. The van der Waals surface area contributed by atoms with Crippen molar-refractivity contribution in [1.29, 1.82) is 0 Å². The smallest absolute Gasteiger partial charge is 0.313 e. The minimum absolute atomic E-state index is 0. The summed E-state index contributed by atoms with van der Waals surface area (Å²) in [6, 6.07) is 0. The second-order valence-corrected chi connectivity index (χ2v) is 1.32. The van der Waals surface area contributed by atoms with E-state index in [1.54, 1.807) is 6.92 Å². The molecule has 0 rings (SSSR count). The first-order chi connectivity index (χ1) is 3.66. The summed E-state index contributed by atoms with van der Waals surface area (Å²) in [5.41, 5.74) is 0. The van der Waals surface area contributed by atoms with Gasteiger partial charge in [-0.3, -0.25) is 9.59 Å². The van der Waals surface area contributed by atoms with Gasteiger partial charge in [0.05, 0.1) is 0 Å². The average Bonchev–Trinajstić information content (AvgIpc) is 1.65. The number of rotatable bonds is 1. The van der Waals surface area contributed by atoms with Crippen LogP contribution in [0.5, 0.6) is 0 Å². The molecule has 64 valence electrons. The first kappa shape index (κ1) is 16.6. The minimum Gasteiger partial charge on any atom is -0.393 e. The van der Waals surface area contributed by atoms with Gasteiger partial charge in [-0.2, -0.15) is 0 Å². The molecule has 0 aliphatic rings. The Kier molecular flexibility index (Phi) is 15.2. The van der Waals surface area contributed by atoms with Crippen LogP contribution in [-0.2, 0) is 47.9 Å². The minimum atomic E-state index is -0.545. The third-order valence-corrected chi connectivity index (χ3v) is 0.546. The fourth-order valence-electron chi connectivity index (χ4n) is 0.232. The molecule has 0 aromatic carbocycles. The van der Waals surface area contributed by atoms with Crippen LogP contribution in [0.15, 0.2) is 0 Å².